The Kier molecular flexibility index (Phi) is 4.11. The van der Waals surface area contributed by atoms with Gasteiger partial charge in [-0.2, -0.15) is 0 Å². The Morgan fingerprint density at radius 1 is 1.47 bits per heavy atom. The first-order valence-corrected chi connectivity index (χ1v) is 6.95. The van der Waals surface area contributed by atoms with Crippen LogP contribution in [0, 0.1) is 6.92 Å². The second-order valence-corrected chi connectivity index (χ2v) is 5.65. The molecule has 0 fully saturated rings. The van der Waals surface area contributed by atoms with Gasteiger partial charge in [0.15, 0.2) is 11.0 Å². The minimum atomic E-state index is 0.0499. The third-order valence-electron chi connectivity index (χ3n) is 2.59. The molecule has 3 N–H and O–H groups in total. The van der Waals surface area contributed by atoms with E-state index in [9.17, 15) is 0 Å². The highest BCUT2D eigenvalue weighted by Gasteiger charge is 2.15. The maximum atomic E-state index is 8.86. The molecule has 6 nitrogen and oxygen atoms in total. The van der Waals surface area contributed by atoms with Gasteiger partial charge in [0, 0.05) is 22.0 Å². The highest BCUT2D eigenvalue weighted by molar-refractivity contribution is 9.10. The van der Waals surface area contributed by atoms with Crippen molar-refractivity contribution < 1.29 is 5.21 Å². The molecule has 0 aliphatic rings. The van der Waals surface area contributed by atoms with Gasteiger partial charge in [-0.3, -0.25) is 0 Å². The Morgan fingerprint density at radius 3 is 2.79 bits per heavy atom. The molecular formula is C11H12BrN5OS. The molecule has 0 saturated carbocycles. The lowest BCUT2D eigenvalue weighted by Gasteiger charge is -2.09. The van der Waals surface area contributed by atoms with Gasteiger partial charge in [0.05, 0.1) is 0 Å². The molecule has 0 atom stereocenters. The Bertz CT molecular complexity index is 640. The van der Waals surface area contributed by atoms with Crippen LogP contribution >= 0.6 is 27.7 Å². The first kappa shape index (κ1) is 13.9. The number of amidine groups is 1. The zero-order valence-electron chi connectivity index (χ0n) is 10.3. The van der Waals surface area contributed by atoms with E-state index in [1.165, 1.54) is 11.8 Å². The molecule has 2 aromatic rings. The van der Waals surface area contributed by atoms with Crippen LogP contribution in [-0.2, 0) is 7.05 Å². The van der Waals surface area contributed by atoms with Crippen molar-refractivity contribution in [3.63, 3.8) is 0 Å². The molecule has 0 radical (unpaired) electrons. The van der Waals surface area contributed by atoms with Gasteiger partial charge in [0.1, 0.15) is 5.82 Å². The first-order chi connectivity index (χ1) is 9.04. The van der Waals surface area contributed by atoms with Crippen LogP contribution < -0.4 is 5.73 Å². The van der Waals surface area contributed by atoms with E-state index in [0.29, 0.717) is 5.56 Å². The molecule has 8 heteroatoms. The fraction of sp³-hybridized carbons (Fsp3) is 0.182. The Hall–Kier alpha value is -1.54. The van der Waals surface area contributed by atoms with E-state index < -0.39 is 0 Å². The topological polar surface area (TPSA) is 89.3 Å². The third kappa shape index (κ3) is 2.74. The van der Waals surface area contributed by atoms with Crippen molar-refractivity contribution in [2.75, 3.05) is 0 Å². The van der Waals surface area contributed by atoms with Crippen molar-refractivity contribution in [1.82, 2.24) is 14.8 Å². The smallest absolute Gasteiger partial charge is 0.195 e. The summed E-state index contributed by atoms with van der Waals surface area (Å²) in [5.41, 5.74) is 6.34. The first-order valence-electron chi connectivity index (χ1n) is 5.35. The van der Waals surface area contributed by atoms with Crippen LogP contribution in [0.1, 0.15) is 11.4 Å². The molecule has 0 spiro atoms. The highest BCUT2D eigenvalue weighted by Crippen LogP contribution is 2.32. The van der Waals surface area contributed by atoms with Crippen LogP contribution in [0.3, 0.4) is 0 Å². The van der Waals surface area contributed by atoms with Crippen LogP contribution in [0.5, 0.6) is 0 Å². The zero-order chi connectivity index (χ0) is 14.0. The van der Waals surface area contributed by atoms with Crippen molar-refractivity contribution in [2.45, 2.75) is 17.0 Å². The summed E-state index contributed by atoms with van der Waals surface area (Å²) < 4.78 is 2.63. The van der Waals surface area contributed by atoms with Gasteiger partial charge >= 0.3 is 0 Å². The molecule has 19 heavy (non-hydrogen) atoms. The van der Waals surface area contributed by atoms with Gasteiger partial charge in [-0.05, 0) is 46.7 Å². The molecule has 1 heterocycles. The van der Waals surface area contributed by atoms with E-state index in [4.69, 9.17) is 10.9 Å². The minimum Gasteiger partial charge on any atom is -0.409 e. The number of aromatic nitrogens is 3. The lowest BCUT2D eigenvalue weighted by molar-refractivity contribution is 0.318. The normalized spacial score (nSPS) is 11.8. The van der Waals surface area contributed by atoms with Crippen molar-refractivity contribution in [3.8, 4) is 0 Å². The van der Waals surface area contributed by atoms with E-state index in [0.717, 1.165) is 20.3 Å². The number of aryl methyl sites for hydroxylation is 1. The van der Waals surface area contributed by atoms with Gasteiger partial charge in [-0.25, -0.2) is 0 Å². The van der Waals surface area contributed by atoms with Gasteiger partial charge in [-0.1, -0.05) is 11.2 Å². The SMILES string of the molecule is Cc1nnc(Sc2cccc(Br)c2/C(N)=N/O)n1C. The molecule has 0 bridgehead atoms. The van der Waals surface area contributed by atoms with Crippen molar-refractivity contribution in [2.24, 2.45) is 17.9 Å². The van der Waals surface area contributed by atoms with Crippen molar-refractivity contribution in [1.29, 1.82) is 0 Å². The number of oxime groups is 1. The summed E-state index contributed by atoms with van der Waals surface area (Å²) in [5, 5.41) is 20.7. The second kappa shape index (κ2) is 5.62. The third-order valence-corrected chi connectivity index (χ3v) is 4.35. The van der Waals surface area contributed by atoms with Crippen LogP contribution in [0.25, 0.3) is 0 Å². The molecule has 0 amide bonds. The van der Waals surface area contributed by atoms with Gasteiger partial charge in [0.2, 0.25) is 0 Å². The maximum absolute atomic E-state index is 8.86. The molecule has 100 valence electrons. The summed E-state index contributed by atoms with van der Waals surface area (Å²) >= 11 is 4.80. The number of nitrogens with zero attached hydrogens (tertiary/aromatic N) is 4. The quantitative estimate of drug-likeness (QED) is 0.386. The molecule has 1 aromatic carbocycles. The maximum Gasteiger partial charge on any atom is 0.195 e. The fourth-order valence-corrected chi connectivity index (χ4v) is 3.17. The zero-order valence-corrected chi connectivity index (χ0v) is 12.7. The van der Waals surface area contributed by atoms with E-state index in [1.807, 2.05) is 36.7 Å². The monoisotopic (exact) mass is 341 g/mol. The lowest BCUT2D eigenvalue weighted by atomic mass is 10.2. The van der Waals surface area contributed by atoms with Crippen molar-refractivity contribution in [3.05, 3.63) is 34.1 Å². The molecule has 0 unspecified atom stereocenters. The summed E-state index contributed by atoms with van der Waals surface area (Å²) in [7, 11) is 1.89. The Morgan fingerprint density at radius 2 is 2.21 bits per heavy atom. The van der Waals surface area contributed by atoms with E-state index in [1.54, 1.807) is 0 Å². The minimum absolute atomic E-state index is 0.0499. The largest absolute Gasteiger partial charge is 0.409 e. The van der Waals surface area contributed by atoms with E-state index in [-0.39, 0.29) is 5.84 Å². The highest BCUT2D eigenvalue weighted by atomic mass is 79.9. The van der Waals surface area contributed by atoms with Crippen LogP contribution in [-0.4, -0.2) is 25.8 Å². The van der Waals surface area contributed by atoms with Gasteiger partial charge in [-0.15, -0.1) is 10.2 Å². The number of hydrogen-bond donors (Lipinski definition) is 2. The van der Waals surface area contributed by atoms with Crippen LogP contribution in [0.15, 0.2) is 37.9 Å². The molecule has 1 aromatic heterocycles. The fourth-order valence-electron chi connectivity index (χ4n) is 1.46. The average molecular weight is 342 g/mol. The standard InChI is InChI=1S/C11H12BrN5OS/c1-6-14-15-11(17(6)2)19-8-5-3-4-7(12)9(8)10(13)16-18/h3-5,18H,1-2H3,(H2,13,16). The molecule has 0 saturated heterocycles. The molecule has 0 aliphatic carbocycles. The number of nitrogens with two attached hydrogens (primary N) is 1. The second-order valence-electron chi connectivity index (χ2n) is 3.79. The lowest BCUT2D eigenvalue weighted by Crippen LogP contribution is -2.15. The summed E-state index contributed by atoms with van der Waals surface area (Å²) in [4.78, 5) is 0.833. The summed E-state index contributed by atoms with van der Waals surface area (Å²) in [6, 6.07) is 5.59. The summed E-state index contributed by atoms with van der Waals surface area (Å²) in [5.74, 6) is 0.872. The molecule has 0 aliphatic heterocycles. The Balaban J connectivity index is 2.46. The number of benzene rings is 1. The summed E-state index contributed by atoms with van der Waals surface area (Å²) in [6.45, 7) is 1.88. The average Bonchev–Trinajstić information content (AvgIpc) is 2.70. The summed E-state index contributed by atoms with van der Waals surface area (Å²) in [6.07, 6.45) is 0. The number of rotatable bonds is 3. The van der Waals surface area contributed by atoms with Crippen LogP contribution in [0.4, 0.5) is 0 Å². The molecular weight excluding hydrogens is 330 g/mol. The molecule has 2 rings (SSSR count). The van der Waals surface area contributed by atoms with Crippen molar-refractivity contribution >= 4 is 33.5 Å². The number of halogens is 1. The van der Waals surface area contributed by atoms with Crippen LogP contribution in [0.2, 0.25) is 0 Å². The predicted octanol–water partition coefficient (Wildman–Crippen LogP) is 2.13. The van der Waals surface area contributed by atoms with E-state index in [2.05, 4.69) is 31.3 Å². The number of hydrogen-bond acceptors (Lipinski definition) is 5. The van der Waals surface area contributed by atoms with Gasteiger partial charge < -0.3 is 15.5 Å². The van der Waals surface area contributed by atoms with E-state index >= 15 is 0 Å². The van der Waals surface area contributed by atoms with Gasteiger partial charge in [0.25, 0.3) is 0 Å². The predicted molar refractivity (Wildman–Crippen MR) is 76.5 cm³/mol. The Labute approximate surface area is 122 Å².